The summed E-state index contributed by atoms with van der Waals surface area (Å²) in [6.45, 7) is 7.51. The molecular weight excluding hydrogens is 212 g/mol. The van der Waals surface area contributed by atoms with E-state index in [2.05, 4.69) is 41.0 Å². The molecule has 17 heavy (non-hydrogen) atoms. The molecule has 1 atom stereocenters. The van der Waals surface area contributed by atoms with Crippen molar-refractivity contribution in [2.45, 2.75) is 46.1 Å². The number of unbranched alkanes of at least 4 members (excludes halogenated alkanes) is 1. The highest BCUT2D eigenvalue weighted by molar-refractivity contribution is 5.41. The molecule has 1 rings (SSSR count). The normalized spacial score (nSPS) is 12.2. The Bertz CT molecular complexity index is 327. The highest BCUT2D eigenvalue weighted by Gasteiger charge is 2.06. The van der Waals surface area contributed by atoms with Crippen LogP contribution in [0.25, 0.3) is 0 Å². The topological polar surface area (TPSA) is 41.1 Å². The van der Waals surface area contributed by atoms with E-state index in [1.165, 1.54) is 12.8 Å². The first kappa shape index (κ1) is 13.7. The number of aromatic nitrogens is 2. The fraction of sp³-hybridized carbons (Fsp3) is 0.692. The zero-order valence-electron chi connectivity index (χ0n) is 11.4. The van der Waals surface area contributed by atoms with Gasteiger partial charge in [-0.05, 0) is 25.8 Å². The molecule has 1 unspecified atom stereocenters. The van der Waals surface area contributed by atoms with Crippen molar-refractivity contribution in [1.29, 1.82) is 0 Å². The van der Waals surface area contributed by atoms with Crippen molar-refractivity contribution in [2.75, 3.05) is 23.8 Å². The molecule has 0 aliphatic carbocycles. The van der Waals surface area contributed by atoms with Gasteiger partial charge in [0.25, 0.3) is 0 Å². The number of hydrogen-bond donors (Lipinski definition) is 1. The Morgan fingerprint density at radius 1 is 1.41 bits per heavy atom. The predicted octanol–water partition coefficient (Wildman–Crippen LogP) is 2.92. The largest absolute Gasteiger partial charge is 0.367 e. The summed E-state index contributed by atoms with van der Waals surface area (Å²) in [6, 6.07) is 2.36. The summed E-state index contributed by atoms with van der Waals surface area (Å²) in [5, 5.41) is 3.37. The minimum Gasteiger partial charge on any atom is -0.367 e. The maximum absolute atomic E-state index is 4.52. The molecule has 4 nitrogen and oxygen atoms in total. The summed E-state index contributed by atoms with van der Waals surface area (Å²) >= 11 is 0. The minimum absolute atomic E-state index is 0.443. The first-order valence-corrected chi connectivity index (χ1v) is 6.48. The second-order valence-corrected chi connectivity index (χ2v) is 4.47. The Morgan fingerprint density at radius 2 is 2.18 bits per heavy atom. The number of nitrogens with one attached hydrogen (secondary N) is 1. The van der Waals surface area contributed by atoms with Gasteiger partial charge in [-0.2, -0.15) is 4.98 Å². The molecule has 1 N–H and O–H groups in total. The van der Waals surface area contributed by atoms with Crippen LogP contribution in [0.1, 0.15) is 40.0 Å². The fourth-order valence-corrected chi connectivity index (χ4v) is 1.46. The van der Waals surface area contributed by atoms with E-state index in [0.717, 1.165) is 24.7 Å². The second-order valence-electron chi connectivity index (χ2n) is 4.47. The summed E-state index contributed by atoms with van der Waals surface area (Å²) in [7, 11) is 2.04. The Morgan fingerprint density at radius 3 is 2.82 bits per heavy atom. The van der Waals surface area contributed by atoms with E-state index in [4.69, 9.17) is 0 Å². The molecule has 0 saturated heterocycles. The van der Waals surface area contributed by atoms with Crippen LogP contribution in [0, 0.1) is 0 Å². The third-order valence-corrected chi connectivity index (χ3v) is 2.84. The average Bonchev–Trinajstić information content (AvgIpc) is 2.36. The van der Waals surface area contributed by atoms with Crippen molar-refractivity contribution >= 4 is 11.8 Å². The van der Waals surface area contributed by atoms with E-state index < -0.39 is 0 Å². The smallest absolute Gasteiger partial charge is 0.226 e. The van der Waals surface area contributed by atoms with Gasteiger partial charge in [0, 0.05) is 25.8 Å². The Kier molecular flexibility index (Phi) is 5.73. The zero-order valence-corrected chi connectivity index (χ0v) is 11.4. The lowest BCUT2D eigenvalue weighted by atomic mass is 10.2. The highest BCUT2D eigenvalue weighted by atomic mass is 15.2. The molecule has 96 valence electrons. The van der Waals surface area contributed by atoms with E-state index in [9.17, 15) is 0 Å². The molecule has 0 spiro atoms. The van der Waals surface area contributed by atoms with Gasteiger partial charge in [0.05, 0.1) is 0 Å². The highest BCUT2D eigenvalue weighted by Crippen LogP contribution is 2.11. The number of anilines is 2. The van der Waals surface area contributed by atoms with Gasteiger partial charge in [0.1, 0.15) is 5.82 Å². The van der Waals surface area contributed by atoms with Gasteiger partial charge >= 0.3 is 0 Å². The van der Waals surface area contributed by atoms with Crippen LogP contribution < -0.4 is 10.2 Å². The van der Waals surface area contributed by atoms with Crippen molar-refractivity contribution in [2.24, 2.45) is 0 Å². The maximum Gasteiger partial charge on any atom is 0.226 e. The first-order chi connectivity index (χ1) is 8.17. The van der Waals surface area contributed by atoms with Crippen molar-refractivity contribution in [3.05, 3.63) is 12.3 Å². The second kappa shape index (κ2) is 7.09. The maximum atomic E-state index is 4.52. The van der Waals surface area contributed by atoms with Crippen molar-refractivity contribution in [3.63, 3.8) is 0 Å². The summed E-state index contributed by atoms with van der Waals surface area (Å²) in [6.07, 6.45) is 5.26. The van der Waals surface area contributed by atoms with Crippen molar-refractivity contribution < 1.29 is 0 Å². The Hall–Kier alpha value is -1.32. The van der Waals surface area contributed by atoms with E-state index in [1.807, 2.05) is 19.3 Å². The molecule has 0 aromatic carbocycles. The lowest BCUT2D eigenvalue weighted by Gasteiger charge is -2.18. The van der Waals surface area contributed by atoms with Gasteiger partial charge in [-0.1, -0.05) is 20.3 Å². The van der Waals surface area contributed by atoms with Gasteiger partial charge in [0.2, 0.25) is 5.95 Å². The molecule has 0 aliphatic rings. The third-order valence-electron chi connectivity index (χ3n) is 2.84. The Labute approximate surface area is 104 Å². The quantitative estimate of drug-likeness (QED) is 0.790. The SMILES string of the molecule is CCCCN(C)c1nccc(NC(C)CC)n1. The van der Waals surface area contributed by atoms with Crippen LogP contribution in [0.15, 0.2) is 12.3 Å². The van der Waals surface area contributed by atoms with Crippen molar-refractivity contribution in [1.82, 2.24) is 9.97 Å². The molecular formula is C13H24N4. The average molecular weight is 236 g/mol. The lowest BCUT2D eigenvalue weighted by Crippen LogP contribution is -2.22. The predicted molar refractivity (Wildman–Crippen MR) is 73.6 cm³/mol. The van der Waals surface area contributed by atoms with Crippen LogP contribution in [0.2, 0.25) is 0 Å². The van der Waals surface area contributed by atoms with Gasteiger partial charge in [0.15, 0.2) is 0 Å². The van der Waals surface area contributed by atoms with Gasteiger partial charge in [-0.15, -0.1) is 0 Å². The summed E-state index contributed by atoms with van der Waals surface area (Å²) in [5.74, 6) is 1.71. The third kappa shape index (κ3) is 4.59. The van der Waals surface area contributed by atoms with Crippen LogP contribution in [0.3, 0.4) is 0 Å². The Balaban J connectivity index is 2.64. The summed E-state index contributed by atoms with van der Waals surface area (Å²) in [4.78, 5) is 10.9. The van der Waals surface area contributed by atoms with Crippen LogP contribution in [0.4, 0.5) is 11.8 Å². The molecule has 0 aliphatic heterocycles. The molecule has 1 aromatic rings. The number of hydrogen-bond acceptors (Lipinski definition) is 4. The van der Waals surface area contributed by atoms with Gasteiger partial charge in [-0.25, -0.2) is 4.98 Å². The zero-order chi connectivity index (χ0) is 12.7. The fourth-order valence-electron chi connectivity index (χ4n) is 1.46. The molecule has 0 fully saturated rings. The summed E-state index contributed by atoms with van der Waals surface area (Å²) < 4.78 is 0. The van der Waals surface area contributed by atoms with E-state index in [1.54, 1.807) is 0 Å². The standard InChI is InChI=1S/C13H24N4/c1-5-7-10-17(4)13-14-9-8-12(16-13)15-11(3)6-2/h8-9,11H,5-7,10H2,1-4H3,(H,14,15,16). The molecule has 1 aromatic heterocycles. The van der Waals surface area contributed by atoms with Gasteiger partial charge in [-0.3, -0.25) is 0 Å². The molecule has 4 heteroatoms. The van der Waals surface area contributed by atoms with E-state index >= 15 is 0 Å². The van der Waals surface area contributed by atoms with E-state index in [0.29, 0.717) is 6.04 Å². The number of rotatable bonds is 7. The minimum atomic E-state index is 0.443. The van der Waals surface area contributed by atoms with Crippen molar-refractivity contribution in [3.8, 4) is 0 Å². The lowest BCUT2D eigenvalue weighted by molar-refractivity contribution is 0.741. The van der Waals surface area contributed by atoms with Crippen LogP contribution in [0.5, 0.6) is 0 Å². The molecule has 0 saturated carbocycles. The molecule has 0 amide bonds. The van der Waals surface area contributed by atoms with E-state index in [-0.39, 0.29) is 0 Å². The van der Waals surface area contributed by atoms with Gasteiger partial charge < -0.3 is 10.2 Å². The molecule has 0 bridgehead atoms. The monoisotopic (exact) mass is 236 g/mol. The van der Waals surface area contributed by atoms with Crippen LogP contribution in [-0.2, 0) is 0 Å². The van der Waals surface area contributed by atoms with Crippen LogP contribution in [-0.4, -0.2) is 29.6 Å². The molecule has 0 radical (unpaired) electrons. The first-order valence-electron chi connectivity index (χ1n) is 6.48. The summed E-state index contributed by atoms with van der Waals surface area (Å²) in [5.41, 5.74) is 0. The number of nitrogens with zero attached hydrogens (tertiary/aromatic N) is 3. The molecule has 1 heterocycles. The van der Waals surface area contributed by atoms with Crippen LogP contribution >= 0.6 is 0 Å².